The van der Waals surface area contributed by atoms with E-state index in [4.69, 9.17) is 0 Å². The Bertz CT molecular complexity index is 958. The van der Waals surface area contributed by atoms with Gasteiger partial charge in [0.25, 0.3) is 0 Å². The van der Waals surface area contributed by atoms with Gasteiger partial charge < -0.3 is 9.80 Å². The molecular formula is C20H20F3N3O2S. The van der Waals surface area contributed by atoms with E-state index in [1.807, 2.05) is 4.90 Å². The van der Waals surface area contributed by atoms with Crippen molar-refractivity contribution in [1.29, 1.82) is 0 Å². The maximum Gasteiger partial charge on any atom is 0.416 e. The quantitative estimate of drug-likeness (QED) is 0.708. The summed E-state index contributed by atoms with van der Waals surface area (Å²) < 4.78 is 39.4. The Balaban J connectivity index is 1.37. The van der Waals surface area contributed by atoms with E-state index in [1.54, 1.807) is 4.90 Å². The number of likely N-dealkylation sites (tertiary alicyclic amines) is 2. The third-order valence-electron chi connectivity index (χ3n) is 5.60. The standard InChI is InChI=1S/C20H20F3N3O2S/c1-2-17(27)26-10-13(11-26)19(28)25-7-5-12(6-8-25)18-24-15-9-14(20(21,22)23)3-4-16(15)29-18/h2-4,9,12-13H,1,5-8,10-11H2. The molecule has 0 unspecified atom stereocenters. The number of carbonyl (C=O) groups excluding carboxylic acids is 2. The van der Waals surface area contributed by atoms with Crippen LogP contribution in [0.2, 0.25) is 0 Å². The first-order valence-corrected chi connectivity index (χ1v) is 10.3. The second kappa shape index (κ2) is 7.44. The number of alkyl halides is 3. The van der Waals surface area contributed by atoms with E-state index in [9.17, 15) is 22.8 Å². The van der Waals surface area contributed by atoms with Crippen molar-refractivity contribution < 1.29 is 22.8 Å². The van der Waals surface area contributed by atoms with Crippen LogP contribution in [0.4, 0.5) is 13.2 Å². The minimum absolute atomic E-state index is 0.0654. The number of nitrogens with zero attached hydrogens (tertiary/aromatic N) is 3. The molecule has 2 aromatic rings. The van der Waals surface area contributed by atoms with Crippen molar-refractivity contribution in [2.75, 3.05) is 26.2 Å². The Morgan fingerprint density at radius 1 is 1.17 bits per heavy atom. The molecule has 0 saturated carbocycles. The van der Waals surface area contributed by atoms with Crippen molar-refractivity contribution >= 4 is 33.4 Å². The molecule has 2 aliphatic rings. The number of fused-ring (bicyclic) bond motifs is 1. The number of thiazole rings is 1. The van der Waals surface area contributed by atoms with Gasteiger partial charge >= 0.3 is 6.18 Å². The Kier molecular flexibility index (Phi) is 5.10. The van der Waals surface area contributed by atoms with Crippen LogP contribution < -0.4 is 0 Å². The number of piperidine rings is 1. The van der Waals surface area contributed by atoms with Crippen molar-refractivity contribution in [2.24, 2.45) is 5.92 Å². The van der Waals surface area contributed by atoms with Crippen molar-refractivity contribution in [2.45, 2.75) is 24.9 Å². The number of rotatable bonds is 3. The zero-order valence-electron chi connectivity index (χ0n) is 15.6. The number of aromatic nitrogens is 1. The number of amides is 2. The highest BCUT2D eigenvalue weighted by Gasteiger charge is 2.38. The minimum atomic E-state index is -4.38. The highest BCUT2D eigenvalue weighted by Crippen LogP contribution is 2.37. The Morgan fingerprint density at radius 2 is 1.86 bits per heavy atom. The lowest BCUT2D eigenvalue weighted by molar-refractivity contribution is -0.147. The predicted octanol–water partition coefficient (Wildman–Crippen LogP) is 3.67. The van der Waals surface area contributed by atoms with Crippen LogP contribution in [0, 0.1) is 5.92 Å². The summed E-state index contributed by atoms with van der Waals surface area (Å²) in [6.07, 6.45) is -1.65. The van der Waals surface area contributed by atoms with E-state index >= 15 is 0 Å². The van der Waals surface area contributed by atoms with Crippen LogP contribution in [0.15, 0.2) is 30.9 Å². The van der Waals surface area contributed by atoms with E-state index in [0.29, 0.717) is 31.7 Å². The van der Waals surface area contributed by atoms with E-state index in [2.05, 4.69) is 11.6 Å². The fourth-order valence-electron chi connectivity index (χ4n) is 3.85. The van der Waals surface area contributed by atoms with Crippen LogP contribution in [0.5, 0.6) is 0 Å². The molecule has 2 fully saturated rings. The van der Waals surface area contributed by atoms with Gasteiger partial charge in [-0.15, -0.1) is 11.3 Å². The van der Waals surface area contributed by atoms with Crippen LogP contribution >= 0.6 is 11.3 Å². The first-order valence-electron chi connectivity index (χ1n) is 9.44. The molecule has 1 aromatic carbocycles. The number of hydrogen-bond acceptors (Lipinski definition) is 4. The summed E-state index contributed by atoms with van der Waals surface area (Å²) in [6.45, 7) is 5.51. The van der Waals surface area contributed by atoms with Crippen molar-refractivity contribution in [3.05, 3.63) is 41.4 Å². The summed E-state index contributed by atoms with van der Waals surface area (Å²) in [5.41, 5.74) is -0.313. The predicted molar refractivity (Wildman–Crippen MR) is 103 cm³/mol. The van der Waals surface area contributed by atoms with Gasteiger partial charge in [-0.1, -0.05) is 6.58 Å². The Hall–Kier alpha value is -2.42. The van der Waals surface area contributed by atoms with Crippen LogP contribution in [-0.4, -0.2) is 52.8 Å². The molecule has 2 aliphatic heterocycles. The lowest BCUT2D eigenvalue weighted by atomic mass is 9.93. The smallest absolute Gasteiger partial charge is 0.342 e. The molecule has 3 heterocycles. The summed E-state index contributed by atoms with van der Waals surface area (Å²) >= 11 is 1.43. The number of carbonyl (C=O) groups is 2. The van der Waals surface area contributed by atoms with Crippen molar-refractivity contribution in [3.8, 4) is 0 Å². The first kappa shape index (κ1) is 19.9. The van der Waals surface area contributed by atoms with Gasteiger partial charge in [-0.25, -0.2) is 4.98 Å². The van der Waals surface area contributed by atoms with Gasteiger partial charge in [0.1, 0.15) is 0 Å². The molecule has 0 aliphatic carbocycles. The van der Waals surface area contributed by atoms with Crippen LogP contribution in [0.1, 0.15) is 29.3 Å². The lowest BCUT2D eigenvalue weighted by Crippen LogP contribution is -2.56. The zero-order chi connectivity index (χ0) is 20.8. The molecule has 0 radical (unpaired) electrons. The highest BCUT2D eigenvalue weighted by atomic mass is 32.1. The fourth-order valence-corrected chi connectivity index (χ4v) is 4.96. The van der Waals surface area contributed by atoms with Crippen LogP contribution in [-0.2, 0) is 15.8 Å². The van der Waals surface area contributed by atoms with Crippen LogP contribution in [0.3, 0.4) is 0 Å². The molecule has 4 rings (SSSR count). The number of halogens is 3. The molecule has 0 N–H and O–H groups in total. The van der Waals surface area contributed by atoms with Gasteiger partial charge in [0.15, 0.2) is 0 Å². The summed E-state index contributed by atoms with van der Waals surface area (Å²) in [5.74, 6) is -0.0994. The van der Waals surface area contributed by atoms with Crippen molar-refractivity contribution in [3.63, 3.8) is 0 Å². The van der Waals surface area contributed by atoms with Crippen molar-refractivity contribution in [1.82, 2.24) is 14.8 Å². The third-order valence-corrected chi connectivity index (χ3v) is 6.80. The van der Waals surface area contributed by atoms with E-state index in [-0.39, 0.29) is 23.7 Å². The first-order chi connectivity index (χ1) is 13.8. The summed E-state index contributed by atoms with van der Waals surface area (Å²) in [5, 5.41) is 0.831. The SMILES string of the molecule is C=CC(=O)N1CC(C(=O)N2CCC(c3nc4cc(C(F)(F)F)ccc4s3)CC2)C1. The normalized spacial score (nSPS) is 18.7. The van der Waals surface area contributed by atoms with E-state index in [0.717, 1.165) is 34.7 Å². The lowest BCUT2D eigenvalue weighted by Gasteiger charge is -2.41. The minimum Gasteiger partial charge on any atom is -0.342 e. The molecule has 2 saturated heterocycles. The topological polar surface area (TPSA) is 53.5 Å². The Labute approximate surface area is 169 Å². The maximum absolute atomic E-state index is 12.9. The molecule has 5 nitrogen and oxygen atoms in total. The molecule has 0 atom stereocenters. The number of hydrogen-bond donors (Lipinski definition) is 0. The molecule has 29 heavy (non-hydrogen) atoms. The van der Waals surface area contributed by atoms with Gasteiger partial charge in [0, 0.05) is 32.1 Å². The maximum atomic E-state index is 12.9. The Morgan fingerprint density at radius 3 is 2.48 bits per heavy atom. The molecular weight excluding hydrogens is 403 g/mol. The molecule has 0 bridgehead atoms. The van der Waals surface area contributed by atoms with E-state index in [1.165, 1.54) is 23.5 Å². The monoisotopic (exact) mass is 423 g/mol. The highest BCUT2D eigenvalue weighted by molar-refractivity contribution is 7.18. The summed E-state index contributed by atoms with van der Waals surface area (Å²) in [4.78, 5) is 32.0. The van der Waals surface area contributed by atoms with Gasteiger partial charge in [-0.05, 0) is 37.1 Å². The number of benzene rings is 1. The second-order valence-corrected chi connectivity index (χ2v) is 8.54. The molecule has 9 heteroatoms. The molecule has 154 valence electrons. The molecule has 1 aromatic heterocycles. The van der Waals surface area contributed by atoms with Gasteiger partial charge in [-0.3, -0.25) is 9.59 Å². The zero-order valence-corrected chi connectivity index (χ0v) is 16.4. The second-order valence-electron chi connectivity index (χ2n) is 7.48. The van der Waals surface area contributed by atoms with Gasteiger partial charge in [-0.2, -0.15) is 13.2 Å². The average Bonchev–Trinajstić information content (AvgIpc) is 3.09. The summed E-state index contributed by atoms with van der Waals surface area (Å²) in [7, 11) is 0. The van der Waals surface area contributed by atoms with E-state index < -0.39 is 11.7 Å². The van der Waals surface area contributed by atoms with Gasteiger partial charge in [0.2, 0.25) is 11.8 Å². The third kappa shape index (κ3) is 3.88. The largest absolute Gasteiger partial charge is 0.416 e. The fraction of sp³-hybridized carbons (Fsp3) is 0.450. The van der Waals surface area contributed by atoms with Gasteiger partial charge in [0.05, 0.1) is 26.7 Å². The molecule has 0 spiro atoms. The molecule has 2 amide bonds. The summed E-state index contributed by atoms with van der Waals surface area (Å²) in [6, 6.07) is 3.66. The van der Waals surface area contributed by atoms with Crippen LogP contribution in [0.25, 0.3) is 10.2 Å². The average molecular weight is 423 g/mol.